The van der Waals surface area contributed by atoms with Crippen LogP contribution in [0, 0.1) is 22.7 Å². The molecule has 0 heterocycles. The summed E-state index contributed by atoms with van der Waals surface area (Å²) in [5, 5.41) is 0. The Morgan fingerprint density at radius 3 is 1.76 bits per heavy atom. The molecule has 0 aromatic carbocycles. The molecule has 0 aromatic heterocycles. The molecule has 0 spiro atoms. The number of rotatable bonds is 15. The normalized spacial score (nSPS) is 22.1. The molecule has 2 heteroatoms. The molecule has 2 aliphatic carbocycles. The van der Waals surface area contributed by atoms with Crippen molar-refractivity contribution in [3.63, 3.8) is 0 Å². The molecule has 0 radical (unpaired) electrons. The summed E-state index contributed by atoms with van der Waals surface area (Å²) in [5.74, 6) is 1.50. The fraction of sp³-hybridized carbons (Fsp3) is 0.889. The largest absolute Gasteiger partial charge is 0.328 e. The first-order valence-electron chi connectivity index (χ1n) is 16.5. The van der Waals surface area contributed by atoms with Gasteiger partial charge in [-0.2, -0.15) is 0 Å². The maximum absolute atomic E-state index is 2.50. The van der Waals surface area contributed by atoms with E-state index in [1.807, 2.05) is 0 Å². The molecule has 0 amide bonds. The first-order valence-corrected chi connectivity index (χ1v) is 16.5. The van der Waals surface area contributed by atoms with E-state index in [1.54, 1.807) is 22.3 Å². The highest BCUT2D eigenvalue weighted by Crippen LogP contribution is 2.45. The van der Waals surface area contributed by atoms with Gasteiger partial charge in [0.15, 0.2) is 0 Å². The summed E-state index contributed by atoms with van der Waals surface area (Å²) in [6.07, 6.45) is 16.3. The van der Waals surface area contributed by atoms with Crippen LogP contribution in [0.15, 0.2) is 22.3 Å². The Bertz CT molecular complexity index is 807. The zero-order valence-electron chi connectivity index (χ0n) is 28.4. The van der Waals surface area contributed by atoms with E-state index in [1.165, 1.54) is 112 Å². The van der Waals surface area contributed by atoms with Crippen molar-refractivity contribution in [2.45, 2.75) is 132 Å². The molecule has 222 valence electrons. The van der Waals surface area contributed by atoms with E-state index in [0.29, 0.717) is 10.8 Å². The van der Waals surface area contributed by atoms with Gasteiger partial charge in [0, 0.05) is 12.3 Å². The van der Waals surface area contributed by atoms with Crippen LogP contribution in [0.5, 0.6) is 0 Å². The number of hydrogen-bond donors (Lipinski definition) is 0. The Kier molecular flexibility index (Phi) is 12.2. The van der Waals surface area contributed by atoms with E-state index in [0.717, 1.165) is 11.8 Å². The number of quaternary nitrogens is 2. The van der Waals surface area contributed by atoms with Crippen molar-refractivity contribution in [2.75, 3.05) is 54.4 Å². The molecule has 2 aliphatic rings. The molecule has 2 unspecified atom stereocenters. The zero-order chi connectivity index (χ0) is 28.8. The van der Waals surface area contributed by atoms with Crippen molar-refractivity contribution in [2.24, 2.45) is 22.7 Å². The van der Waals surface area contributed by atoms with Crippen LogP contribution in [0.2, 0.25) is 0 Å². The standard InChI is InChI=1S/C36H70N2/c1-29(27-33-30(2)19-17-22-35(33,5)6)28-38(11,12)25-16-14-13-15-24-37(9,10)26-21-32(4)34-31(3)20-18-23-36(34,7)8/h29,32H,13-28H2,1-12H3/q+2. The van der Waals surface area contributed by atoms with Crippen LogP contribution in [0.25, 0.3) is 0 Å². The van der Waals surface area contributed by atoms with Gasteiger partial charge in [0.2, 0.25) is 0 Å². The van der Waals surface area contributed by atoms with Crippen molar-refractivity contribution in [3.8, 4) is 0 Å². The molecule has 0 aromatic rings. The third-order valence-electron chi connectivity index (χ3n) is 10.5. The minimum atomic E-state index is 0.408. The molecule has 0 fully saturated rings. The summed E-state index contributed by atoms with van der Waals surface area (Å²) in [4.78, 5) is 0. The average Bonchev–Trinajstić information content (AvgIpc) is 2.76. The van der Waals surface area contributed by atoms with Gasteiger partial charge >= 0.3 is 0 Å². The van der Waals surface area contributed by atoms with E-state index >= 15 is 0 Å². The van der Waals surface area contributed by atoms with Gasteiger partial charge < -0.3 is 8.97 Å². The second-order valence-electron chi connectivity index (χ2n) is 16.6. The molecule has 2 nitrogen and oxygen atoms in total. The fourth-order valence-corrected chi connectivity index (χ4v) is 8.44. The smallest absolute Gasteiger partial charge is 0.0811 e. The first kappa shape index (κ1) is 33.6. The van der Waals surface area contributed by atoms with Crippen molar-refractivity contribution in [1.82, 2.24) is 0 Å². The Morgan fingerprint density at radius 2 is 1.21 bits per heavy atom. The van der Waals surface area contributed by atoms with E-state index in [4.69, 9.17) is 0 Å². The topological polar surface area (TPSA) is 0 Å². The lowest BCUT2D eigenvalue weighted by atomic mass is 9.68. The van der Waals surface area contributed by atoms with E-state index < -0.39 is 0 Å². The molecule has 0 aliphatic heterocycles. The second kappa shape index (κ2) is 13.8. The minimum absolute atomic E-state index is 0.408. The van der Waals surface area contributed by atoms with E-state index in [-0.39, 0.29) is 0 Å². The highest BCUT2D eigenvalue weighted by atomic mass is 15.3. The maximum Gasteiger partial charge on any atom is 0.0811 e. The van der Waals surface area contributed by atoms with Gasteiger partial charge in [-0.05, 0) is 101 Å². The van der Waals surface area contributed by atoms with Gasteiger partial charge in [-0.1, -0.05) is 63.8 Å². The molecule has 0 saturated carbocycles. The SMILES string of the molecule is CC1=C(CC(C)C[N+](C)(C)CCCCCC[N+](C)(C)CCC(C)C2=C(C)CCCC2(C)C)C(C)(C)CCC1. The monoisotopic (exact) mass is 531 g/mol. The quantitative estimate of drug-likeness (QED) is 0.112. The van der Waals surface area contributed by atoms with Crippen LogP contribution >= 0.6 is 0 Å². The van der Waals surface area contributed by atoms with Crippen LogP contribution in [-0.4, -0.2) is 63.3 Å². The third-order valence-corrected chi connectivity index (χ3v) is 10.5. The fourth-order valence-electron chi connectivity index (χ4n) is 8.44. The maximum atomic E-state index is 2.50. The summed E-state index contributed by atoms with van der Waals surface area (Å²) in [6.45, 7) is 25.0. The van der Waals surface area contributed by atoms with Crippen molar-refractivity contribution < 1.29 is 8.97 Å². The summed E-state index contributed by atoms with van der Waals surface area (Å²) in [5.41, 5.74) is 7.78. The van der Waals surface area contributed by atoms with Crippen molar-refractivity contribution >= 4 is 0 Å². The summed E-state index contributed by atoms with van der Waals surface area (Å²) >= 11 is 0. The lowest BCUT2D eigenvalue weighted by molar-refractivity contribution is -0.893. The molecule has 2 atom stereocenters. The predicted octanol–water partition coefficient (Wildman–Crippen LogP) is 9.81. The van der Waals surface area contributed by atoms with Gasteiger partial charge in [-0.3, -0.25) is 0 Å². The molecule has 38 heavy (non-hydrogen) atoms. The van der Waals surface area contributed by atoms with Gasteiger partial charge in [0.05, 0.1) is 54.4 Å². The summed E-state index contributed by atoms with van der Waals surface area (Å²) in [6, 6.07) is 0. The van der Waals surface area contributed by atoms with E-state index in [9.17, 15) is 0 Å². The molecular formula is C36H70N2+2. The van der Waals surface area contributed by atoms with E-state index in [2.05, 4.69) is 83.6 Å². The molecule has 0 bridgehead atoms. The van der Waals surface area contributed by atoms with Crippen LogP contribution in [0.4, 0.5) is 0 Å². The Morgan fingerprint density at radius 1 is 0.684 bits per heavy atom. The van der Waals surface area contributed by atoms with Crippen LogP contribution < -0.4 is 0 Å². The van der Waals surface area contributed by atoms with Crippen LogP contribution in [0.3, 0.4) is 0 Å². The highest BCUT2D eigenvalue weighted by molar-refractivity contribution is 5.24. The first-order chi connectivity index (χ1) is 17.5. The van der Waals surface area contributed by atoms with Gasteiger partial charge in [0.1, 0.15) is 0 Å². The Hall–Kier alpha value is -0.600. The second-order valence-corrected chi connectivity index (χ2v) is 16.6. The molecule has 0 N–H and O–H groups in total. The summed E-state index contributed by atoms with van der Waals surface area (Å²) in [7, 11) is 9.86. The minimum Gasteiger partial charge on any atom is -0.328 e. The van der Waals surface area contributed by atoms with Gasteiger partial charge in [-0.15, -0.1) is 0 Å². The zero-order valence-corrected chi connectivity index (χ0v) is 28.4. The lowest BCUT2D eigenvalue weighted by Gasteiger charge is -2.39. The predicted molar refractivity (Wildman–Crippen MR) is 170 cm³/mol. The number of nitrogens with zero attached hydrogens (tertiary/aromatic N) is 2. The molecule has 2 rings (SSSR count). The van der Waals surface area contributed by atoms with Crippen molar-refractivity contribution in [3.05, 3.63) is 22.3 Å². The lowest BCUT2D eigenvalue weighted by Crippen LogP contribution is -2.44. The molecule has 0 saturated heterocycles. The Balaban J connectivity index is 1.68. The number of allylic oxidation sites excluding steroid dienone is 4. The number of unbranched alkanes of at least 4 members (excludes halogenated alkanes) is 3. The van der Waals surface area contributed by atoms with Crippen LogP contribution in [-0.2, 0) is 0 Å². The van der Waals surface area contributed by atoms with Crippen LogP contribution in [0.1, 0.15) is 132 Å². The molecular weight excluding hydrogens is 460 g/mol. The van der Waals surface area contributed by atoms with Crippen molar-refractivity contribution in [1.29, 1.82) is 0 Å². The Labute approximate surface area is 240 Å². The van der Waals surface area contributed by atoms with Gasteiger partial charge in [-0.25, -0.2) is 0 Å². The number of hydrogen-bond acceptors (Lipinski definition) is 0. The summed E-state index contributed by atoms with van der Waals surface area (Å²) < 4.78 is 2.36. The third kappa shape index (κ3) is 10.4. The van der Waals surface area contributed by atoms with Gasteiger partial charge in [0.25, 0.3) is 0 Å². The average molecular weight is 531 g/mol. The highest BCUT2D eigenvalue weighted by Gasteiger charge is 2.33.